The number of hydrogen-bond donors (Lipinski definition) is 2. The molecule has 2 N–H and O–H groups in total. The topological polar surface area (TPSA) is 91.9 Å². The van der Waals surface area contributed by atoms with Crippen LogP contribution in [0.2, 0.25) is 0 Å². The van der Waals surface area contributed by atoms with E-state index in [4.69, 9.17) is 4.74 Å². The van der Waals surface area contributed by atoms with Crippen LogP contribution in [-0.2, 0) is 26.3 Å². The van der Waals surface area contributed by atoms with Crippen molar-refractivity contribution < 1.29 is 24.5 Å². The van der Waals surface area contributed by atoms with Crippen molar-refractivity contribution in [3.8, 4) is 5.75 Å². The van der Waals surface area contributed by atoms with Gasteiger partial charge in [0.15, 0.2) is 0 Å². The fourth-order valence-electron chi connectivity index (χ4n) is 6.68. The predicted octanol–water partition coefficient (Wildman–Crippen LogP) is 3.41. The number of aromatic nitrogens is 1. The molecule has 5 unspecified atom stereocenters. The molecule has 0 amide bonds. The number of nitrogens with one attached hydrogen (secondary N) is 1. The number of carbonyl (C=O) groups is 2. The molecule has 0 spiro atoms. The Hall–Kier alpha value is -2.38. The normalized spacial score (nSPS) is 31.8. The van der Waals surface area contributed by atoms with Gasteiger partial charge in [-0.2, -0.15) is 5.26 Å². The molecular weight excluding hydrogens is 384 g/mol. The average Bonchev–Trinajstić information content (AvgIpc) is 3.05. The second kappa shape index (κ2) is 7.10. The molecule has 4 heterocycles. The standard InChI is InChI=1S/C23H28N2O5/c1-3-4-15-9-14-11-23(22(27)30-28)20-17(7-8-25(12-14)21(15)23)18-10-16(29-13(2)26)5-6-19(18)24-20/h5-6,10,14-15,21,24,28H,3-4,7-9,11-12H2,1-2H3. The van der Waals surface area contributed by atoms with Crippen molar-refractivity contribution in [1.29, 1.82) is 0 Å². The lowest BCUT2D eigenvalue weighted by Gasteiger charge is -2.57. The van der Waals surface area contributed by atoms with Crippen LogP contribution in [0.3, 0.4) is 0 Å². The van der Waals surface area contributed by atoms with Gasteiger partial charge in [-0.25, -0.2) is 4.79 Å². The first-order valence-corrected chi connectivity index (χ1v) is 10.9. The summed E-state index contributed by atoms with van der Waals surface area (Å²) in [6, 6.07) is 5.54. The zero-order valence-electron chi connectivity index (χ0n) is 17.4. The lowest BCUT2D eigenvalue weighted by atomic mass is 9.56. The van der Waals surface area contributed by atoms with Gasteiger partial charge in [0.05, 0.1) is 0 Å². The number of nitrogens with zero attached hydrogens (tertiary/aromatic N) is 1. The summed E-state index contributed by atoms with van der Waals surface area (Å²) >= 11 is 0. The maximum atomic E-state index is 13.3. The van der Waals surface area contributed by atoms with Gasteiger partial charge in [-0.05, 0) is 61.3 Å². The minimum Gasteiger partial charge on any atom is -0.427 e. The maximum absolute atomic E-state index is 13.3. The Bertz CT molecular complexity index is 1010. The lowest BCUT2D eigenvalue weighted by molar-refractivity contribution is -0.249. The zero-order chi connectivity index (χ0) is 21.0. The molecule has 1 aromatic heterocycles. The van der Waals surface area contributed by atoms with Crippen molar-refractivity contribution in [2.24, 2.45) is 11.8 Å². The van der Waals surface area contributed by atoms with Crippen molar-refractivity contribution in [2.45, 2.75) is 57.4 Å². The third-order valence-electron chi connectivity index (χ3n) is 7.43. The van der Waals surface area contributed by atoms with Crippen molar-refractivity contribution in [3.05, 3.63) is 29.5 Å². The number of H-pyrrole nitrogens is 1. The molecule has 7 heteroatoms. The molecule has 4 bridgehead atoms. The van der Waals surface area contributed by atoms with Gasteiger partial charge in [-0.15, -0.1) is 0 Å². The van der Waals surface area contributed by atoms with Crippen molar-refractivity contribution in [3.63, 3.8) is 0 Å². The van der Waals surface area contributed by atoms with E-state index in [1.807, 2.05) is 12.1 Å². The van der Waals surface area contributed by atoms with Gasteiger partial charge >= 0.3 is 11.9 Å². The van der Waals surface area contributed by atoms with Crippen LogP contribution in [0, 0.1) is 11.8 Å². The van der Waals surface area contributed by atoms with Gasteiger partial charge in [-0.1, -0.05) is 13.3 Å². The molecule has 3 aliphatic heterocycles. The third kappa shape index (κ3) is 2.72. The number of fused-ring (bicyclic) bond motifs is 4. The van der Waals surface area contributed by atoms with Crippen LogP contribution in [0.4, 0.5) is 0 Å². The van der Waals surface area contributed by atoms with Crippen LogP contribution in [0.5, 0.6) is 5.75 Å². The van der Waals surface area contributed by atoms with Gasteiger partial charge < -0.3 is 9.72 Å². The van der Waals surface area contributed by atoms with E-state index in [0.29, 0.717) is 24.0 Å². The first-order valence-electron chi connectivity index (χ1n) is 10.9. The summed E-state index contributed by atoms with van der Waals surface area (Å²) in [5, 5.41) is 10.5. The molecule has 2 aromatic rings. The zero-order valence-corrected chi connectivity index (χ0v) is 17.4. The first-order chi connectivity index (χ1) is 14.5. The van der Waals surface area contributed by atoms with E-state index in [9.17, 15) is 14.8 Å². The highest BCUT2D eigenvalue weighted by atomic mass is 17.1. The molecule has 0 radical (unpaired) electrons. The molecular formula is C23H28N2O5. The number of benzene rings is 1. The summed E-state index contributed by atoms with van der Waals surface area (Å²) < 4.78 is 5.30. The number of aromatic amines is 1. The summed E-state index contributed by atoms with van der Waals surface area (Å²) in [5.41, 5.74) is 1.94. The first kappa shape index (κ1) is 19.6. The number of hydrogen-bond acceptors (Lipinski definition) is 6. The largest absolute Gasteiger partial charge is 0.427 e. The number of carbonyl (C=O) groups excluding carboxylic acids is 2. The van der Waals surface area contributed by atoms with Gasteiger partial charge in [0.2, 0.25) is 0 Å². The van der Waals surface area contributed by atoms with E-state index >= 15 is 0 Å². The molecule has 160 valence electrons. The maximum Gasteiger partial charge on any atom is 0.355 e. The summed E-state index contributed by atoms with van der Waals surface area (Å²) in [5.74, 6) is 0.375. The van der Waals surface area contributed by atoms with Crippen LogP contribution in [-0.4, -0.2) is 46.2 Å². The number of piperidine rings is 2. The van der Waals surface area contributed by atoms with Gasteiger partial charge in [0.1, 0.15) is 11.2 Å². The van der Waals surface area contributed by atoms with Crippen LogP contribution in [0.25, 0.3) is 10.9 Å². The SMILES string of the molecule is CCCC1CC2CN3CCc4c([nH]c5ccc(OC(C)=O)cc45)C(C(=O)OO)(C2)C13. The third-order valence-corrected chi connectivity index (χ3v) is 7.43. The van der Waals surface area contributed by atoms with Crippen LogP contribution < -0.4 is 4.74 Å². The molecule has 4 aliphatic rings. The minimum atomic E-state index is -0.901. The Kier molecular flexibility index (Phi) is 4.63. The smallest absolute Gasteiger partial charge is 0.355 e. The molecule has 30 heavy (non-hydrogen) atoms. The Labute approximate surface area is 175 Å². The number of rotatable bonds is 4. The van der Waals surface area contributed by atoms with Crippen LogP contribution in [0.1, 0.15) is 50.8 Å². The number of ether oxygens (including phenoxy) is 1. The summed E-state index contributed by atoms with van der Waals surface area (Å²) in [6.07, 6.45) is 4.73. The highest BCUT2D eigenvalue weighted by Crippen LogP contribution is 2.55. The lowest BCUT2D eigenvalue weighted by Crippen LogP contribution is -2.67. The summed E-state index contributed by atoms with van der Waals surface area (Å²) in [7, 11) is 0. The van der Waals surface area contributed by atoms with Crippen molar-refractivity contribution >= 4 is 22.8 Å². The minimum absolute atomic E-state index is 0.0179. The number of esters is 1. The Morgan fingerprint density at radius 2 is 2.20 bits per heavy atom. The molecule has 3 fully saturated rings. The Balaban J connectivity index is 1.72. The fourth-order valence-corrected chi connectivity index (χ4v) is 6.68. The predicted molar refractivity (Wildman–Crippen MR) is 110 cm³/mol. The van der Waals surface area contributed by atoms with E-state index in [1.54, 1.807) is 6.07 Å². The highest BCUT2D eigenvalue weighted by Gasteiger charge is 2.63. The van der Waals surface area contributed by atoms with E-state index in [0.717, 1.165) is 60.9 Å². The molecule has 7 nitrogen and oxygen atoms in total. The van der Waals surface area contributed by atoms with Gasteiger partial charge in [0.25, 0.3) is 0 Å². The molecule has 5 atom stereocenters. The molecule has 2 saturated heterocycles. The summed E-state index contributed by atoms with van der Waals surface area (Å²) in [4.78, 5) is 35.1. The van der Waals surface area contributed by atoms with E-state index in [-0.39, 0.29) is 12.0 Å². The van der Waals surface area contributed by atoms with Crippen LogP contribution in [0.15, 0.2) is 18.2 Å². The van der Waals surface area contributed by atoms with Gasteiger partial charge in [-0.3, -0.25) is 14.6 Å². The molecule has 1 aromatic carbocycles. The van der Waals surface area contributed by atoms with Gasteiger partial charge in [0, 0.05) is 42.7 Å². The van der Waals surface area contributed by atoms with Crippen molar-refractivity contribution in [1.82, 2.24) is 9.88 Å². The van der Waals surface area contributed by atoms with Crippen molar-refractivity contribution in [2.75, 3.05) is 13.1 Å². The quantitative estimate of drug-likeness (QED) is 0.346. The van der Waals surface area contributed by atoms with Crippen LogP contribution >= 0.6 is 0 Å². The van der Waals surface area contributed by atoms with E-state index in [2.05, 4.69) is 21.7 Å². The summed E-state index contributed by atoms with van der Waals surface area (Å²) in [6.45, 7) is 5.42. The molecule has 1 aliphatic carbocycles. The Morgan fingerprint density at radius 3 is 2.93 bits per heavy atom. The average molecular weight is 412 g/mol. The monoisotopic (exact) mass is 412 g/mol. The highest BCUT2D eigenvalue weighted by molar-refractivity contribution is 5.92. The second-order valence-corrected chi connectivity index (χ2v) is 9.17. The Morgan fingerprint density at radius 1 is 1.37 bits per heavy atom. The van der Waals surface area contributed by atoms with E-state index < -0.39 is 11.4 Å². The fraction of sp³-hybridized carbons (Fsp3) is 0.565. The molecule has 6 rings (SSSR count). The van der Waals surface area contributed by atoms with E-state index in [1.165, 1.54) is 6.92 Å². The second-order valence-electron chi connectivity index (χ2n) is 9.17. The molecule has 1 saturated carbocycles.